The van der Waals surface area contributed by atoms with Crippen molar-refractivity contribution < 1.29 is 31.8 Å². The van der Waals surface area contributed by atoms with Crippen molar-refractivity contribution in [3.8, 4) is 11.5 Å². The SMILES string of the molecule is COc1ccc(CN(C)CC(=O)Nc2ccc(OC(F)(F)F)cc2)cc1F. The molecule has 2 aromatic rings. The highest BCUT2D eigenvalue weighted by atomic mass is 19.4. The van der Waals surface area contributed by atoms with Crippen molar-refractivity contribution in [2.24, 2.45) is 0 Å². The van der Waals surface area contributed by atoms with Gasteiger partial charge in [-0.1, -0.05) is 6.07 Å². The number of likely N-dealkylation sites (N-methyl/N-ethyl adjacent to an activating group) is 1. The van der Waals surface area contributed by atoms with Crippen molar-refractivity contribution in [1.82, 2.24) is 4.90 Å². The smallest absolute Gasteiger partial charge is 0.494 e. The Morgan fingerprint density at radius 3 is 2.37 bits per heavy atom. The summed E-state index contributed by atoms with van der Waals surface area (Å²) in [5, 5.41) is 2.57. The Labute approximate surface area is 153 Å². The Morgan fingerprint density at radius 2 is 1.81 bits per heavy atom. The molecule has 0 atom stereocenters. The third-order valence-electron chi connectivity index (χ3n) is 3.45. The third kappa shape index (κ3) is 6.78. The second kappa shape index (κ2) is 8.72. The fourth-order valence-corrected chi connectivity index (χ4v) is 2.36. The molecule has 2 aromatic carbocycles. The monoisotopic (exact) mass is 386 g/mol. The molecule has 0 spiro atoms. The minimum atomic E-state index is -4.77. The summed E-state index contributed by atoms with van der Waals surface area (Å²) in [5.74, 6) is -1.10. The number of rotatable bonds is 7. The molecule has 2 rings (SSSR count). The van der Waals surface area contributed by atoms with Gasteiger partial charge < -0.3 is 14.8 Å². The molecule has 0 aromatic heterocycles. The van der Waals surface area contributed by atoms with E-state index in [0.29, 0.717) is 17.8 Å². The molecule has 1 amide bonds. The third-order valence-corrected chi connectivity index (χ3v) is 3.45. The van der Waals surface area contributed by atoms with Crippen LogP contribution in [0.5, 0.6) is 11.5 Å². The van der Waals surface area contributed by atoms with E-state index in [1.807, 2.05) is 0 Å². The zero-order chi connectivity index (χ0) is 20.0. The summed E-state index contributed by atoms with van der Waals surface area (Å²) in [4.78, 5) is 13.7. The highest BCUT2D eigenvalue weighted by molar-refractivity contribution is 5.92. The van der Waals surface area contributed by atoms with E-state index in [2.05, 4.69) is 10.1 Å². The number of alkyl halides is 3. The molecule has 0 saturated heterocycles. The lowest BCUT2D eigenvalue weighted by Crippen LogP contribution is -2.29. The van der Waals surface area contributed by atoms with Crippen LogP contribution in [0.4, 0.5) is 23.2 Å². The van der Waals surface area contributed by atoms with Crippen molar-refractivity contribution in [2.45, 2.75) is 12.9 Å². The van der Waals surface area contributed by atoms with E-state index in [9.17, 15) is 22.4 Å². The molecule has 0 heterocycles. The summed E-state index contributed by atoms with van der Waals surface area (Å²) in [6, 6.07) is 9.33. The number of nitrogens with one attached hydrogen (secondary N) is 1. The molecular formula is C18H18F4N2O3. The van der Waals surface area contributed by atoms with Gasteiger partial charge >= 0.3 is 6.36 Å². The number of hydrogen-bond donors (Lipinski definition) is 1. The fourth-order valence-electron chi connectivity index (χ4n) is 2.36. The molecule has 5 nitrogen and oxygen atoms in total. The van der Waals surface area contributed by atoms with E-state index in [-0.39, 0.29) is 24.0 Å². The first-order chi connectivity index (χ1) is 12.7. The number of anilines is 1. The molecule has 0 aliphatic carbocycles. The summed E-state index contributed by atoms with van der Waals surface area (Å²) in [5.41, 5.74) is 0.996. The number of nitrogens with zero attached hydrogens (tertiary/aromatic N) is 1. The Morgan fingerprint density at radius 1 is 1.15 bits per heavy atom. The van der Waals surface area contributed by atoms with Crippen molar-refractivity contribution in [1.29, 1.82) is 0 Å². The maximum absolute atomic E-state index is 13.7. The van der Waals surface area contributed by atoms with Gasteiger partial charge in [-0.25, -0.2) is 4.39 Å². The van der Waals surface area contributed by atoms with Gasteiger partial charge in [-0.2, -0.15) is 0 Å². The fraction of sp³-hybridized carbons (Fsp3) is 0.278. The summed E-state index contributed by atoms with van der Waals surface area (Å²) >= 11 is 0. The number of hydrogen-bond acceptors (Lipinski definition) is 4. The number of halogens is 4. The number of ether oxygens (including phenoxy) is 2. The lowest BCUT2D eigenvalue weighted by molar-refractivity contribution is -0.274. The highest BCUT2D eigenvalue weighted by Gasteiger charge is 2.30. The first kappa shape index (κ1) is 20.5. The molecule has 0 aliphatic rings. The van der Waals surface area contributed by atoms with Gasteiger partial charge in [-0.3, -0.25) is 9.69 Å². The van der Waals surface area contributed by atoms with Crippen molar-refractivity contribution in [3.05, 3.63) is 53.8 Å². The van der Waals surface area contributed by atoms with Crippen LogP contribution in [0, 0.1) is 5.82 Å². The van der Waals surface area contributed by atoms with Crippen LogP contribution in [0.1, 0.15) is 5.56 Å². The molecule has 0 fully saturated rings. The van der Waals surface area contributed by atoms with Gasteiger partial charge in [-0.05, 0) is 49.0 Å². The van der Waals surface area contributed by atoms with Crippen LogP contribution < -0.4 is 14.8 Å². The first-order valence-electron chi connectivity index (χ1n) is 7.83. The molecule has 0 unspecified atom stereocenters. The quantitative estimate of drug-likeness (QED) is 0.736. The Bertz CT molecular complexity index is 779. The lowest BCUT2D eigenvalue weighted by atomic mass is 10.2. The summed E-state index contributed by atoms with van der Waals surface area (Å²) in [7, 11) is 3.05. The number of carbonyl (C=O) groups excluding carboxylic acids is 1. The van der Waals surface area contributed by atoms with Crippen LogP contribution in [-0.4, -0.2) is 37.9 Å². The molecular weight excluding hydrogens is 368 g/mol. The summed E-state index contributed by atoms with van der Waals surface area (Å²) < 4.78 is 58.6. The van der Waals surface area contributed by atoms with Crippen LogP contribution >= 0.6 is 0 Å². The largest absolute Gasteiger partial charge is 0.573 e. The molecule has 0 radical (unpaired) electrons. The van der Waals surface area contributed by atoms with Gasteiger partial charge in [0.1, 0.15) is 5.75 Å². The number of methoxy groups -OCH3 is 1. The summed E-state index contributed by atoms with van der Waals surface area (Å²) in [6.45, 7) is 0.334. The standard InChI is InChI=1S/C18H18F4N2O3/c1-24(10-12-3-8-16(26-2)15(19)9-12)11-17(25)23-13-4-6-14(7-5-13)27-18(20,21)22/h3-9H,10-11H2,1-2H3,(H,23,25). The average molecular weight is 386 g/mol. The van der Waals surface area contributed by atoms with Gasteiger partial charge in [0.05, 0.1) is 13.7 Å². The van der Waals surface area contributed by atoms with Crippen molar-refractivity contribution >= 4 is 11.6 Å². The topological polar surface area (TPSA) is 50.8 Å². The van der Waals surface area contributed by atoms with Crippen molar-refractivity contribution in [3.63, 3.8) is 0 Å². The number of benzene rings is 2. The lowest BCUT2D eigenvalue weighted by Gasteiger charge is -2.17. The molecule has 0 saturated carbocycles. The molecule has 0 bridgehead atoms. The van der Waals surface area contributed by atoms with Gasteiger partial charge in [0.25, 0.3) is 0 Å². The predicted octanol–water partition coefficient (Wildman–Crippen LogP) is 3.80. The van der Waals surface area contributed by atoms with E-state index < -0.39 is 12.2 Å². The van der Waals surface area contributed by atoms with Crippen LogP contribution in [0.25, 0.3) is 0 Å². The maximum Gasteiger partial charge on any atom is 0.573 e. The zero-order valence-corrected chi connectivity index (χ0v) is 14.6. The number of carbonyl (C=O) groups is 1. The highest BCUT2D eigenvalue weighted by Crippen LogP contribution is 2.24. The summed E-state index contributed by atoms with van der Waals surface area (Å²) in [6.07, 6.45) is -4.77. The molecule has 1 N–H and O–H groups in total. The van der Waals surface area contributed by atoms with Crippen LogP contribution in [0.3, 0.4) is 0 Å². The van der Waals surface area contributed by atoms with Crippen LogP contribution in [-0.2, 0) is 11.3 Å². The predicted molar refractivity (Wildman–Crippen MR) is 91.0 cm³/mol. The molecule has 9 heteroatoms. The first-order valence-corrected chi connectivity index (χ1v) is 7.83. The van der Waals surface area contributed by atoms with E-state index >= 15 is 0 Å². The van der Waals surface area contributed by atoms with Gasteiger partial charge in [0.15, 0.2) is 11.6 Å². The van der Waals surface area contributed by atoms with Crippen LogP contribution in [0.15, 0.2) is 42.5 Å². The second-order valence-electron chi connectivity index (χ2n) is 5.76. The minimum absolute atomic E-state index is 0.00838. The zero-order valence-electron chi connectivity index (χ0n) is 14.6. The normalized spacial score (nSPS) is 11.4. The Hall–Kier alpha value is -2.81. The minimum Gasteiger partial charge on any atom is -0.494 e. The maximum atomic E-state index is 13.7. The van der Waals surface area contributed by atoms with Crippen molar-refractivity contribution in [2.75, 3.05) is 26.0 Å². The van der Waals surface area contributed by atoms with Gasteiger partial charge in [-0.15, -0.1) is 13.2 Å². The van der Waals surface area contributed by atoms with Gasteiger partial charge in [0.2, 0.25) is 5.91 Å². The van der Waals surface area contributed by atoms with E-state index in [1.165, 1.54) is 31.4 Å². The Kier molecular flexibility index (Phi) is 6.62. The van der Waals surface area contributed by atoms with Crippen LogP contribution in [0.2, 0.25) is 0 Å². The van der Waals surface area contributed by atoms with E-state index in [1.54, 1.807) is 18.0 Å². The Balaban J connectivity index is 1.86. The van der Waals surface area contributed by atoms with Gasteiger partial charge in [0, 0.05) is 12.2 Å². The van der Waals surface area contributed by atoms with E-state index in [4.69, 9.17) is 4.74 Å². The molecule has 27 heavy (non-hydrogen) atoms. The van der Waals surface area contributed by atoms with E-state index in [0.717, 1.165) is 12.1 Å². The molecule has 146 valence electrons. The average Bonchev–Trinajstić information content (AvgIpc) is 2.55. The second-order valence-corrected chi connectivity index (χ2v) is 5.76. The molecule has 0 aliphatic heterocycles. The number of amides is 1.